The number of amides is 1. The molecule has 0 saturated heterocycles. The molecule has 0 fully saturated rings. The average Bonchev–Trinajstić information content (AvgIpc) is 2.69. The van der Waals surface area contributed by atoms with Crippen molar-refractivity contribution in [3.05, 3.63) is 71.5 Å². The number of benzene rings is 2. The molecule has 0 radical (unpaired) electrons. The largest absolute Gasteiger partial charge is 0.492 e. The van der Waals surface area contributed by atoms with E-state index in [1.807, 2.05) is 31.2 Å². The van der Waals surface area contributed by atoms with Crippen molar-refractivity contribution >= 4 is 29.0 Å². The third-order valence-corrected chi connectivity index (χ3v) is 4.05. The Hall–Kier alpha value is -3.74. The van der Waals surface area contributed by atoms with Crippen LogP contribution >= 0.6 is 0 Å². The number of ether oxygens (including phenoxy) is 1. The summed E-state index contributed by atoms with van der Waals surface area (Å²) in [5, 5.41) is 5.88. The topological polar surface area (TPSA) is 93.2 Å². The molecule has 1 aromatic heterocycles. The van der Waals surface area contributed by atoms with E-state index in [0.717, 1.165) is 0 Å². The smallest absolute Gasteiger partial charge is 0.274 e. The summed E-state index contributed by atoms with van der Waals surface area (Å²) >= 11 is 0. The highest BCUT2D eigenvalue weighted by molar-refractivity contribution is 6.04. The maximum atomic E-state index is 12.7. The predicted octanol–water partition coefficient (Wildman–Crippen LogP) is 4.38. The maximum absolute atomic E-state index is 12.7. The zero-order valence-corrected chi connectivity index (χ0v) is 16.5. The molecule has 0 bridgehead atoms. The highest BCUT2D eigenvalue weighted by Gasteiger charge is 2.13. The van der Waals surface area contributed by atoms with Crippen LogP contribution in [-0.4, -0.2) is 28.3 Å². The number of ketones is 1. The zero-order chi connectivity index (χ0) is 20.8. The molecule has 7 nitrogen and oxygen atoms in total. The second kappa shape index (κ2) is 8.97. The maximum Gasteiger partial charge on any atom is 0.274 e. The molecule has 0 aliphatic rings. The number of hydrogen-bond acceptors (Lipinski definition) is 6. The molecule has 0 atom stereocenters. The van der Waals surface area contributed by atoms with Crippen molar-refractivity contribution in [3.8, 4) is 5.75 Å². The number of Topliss-reactive ketones (excluding diaryl/α,β-unsaturated/α-hetero) is 1. The van der Waals surface area contributed by atoms with Crippen LogP contribution in [0.1, 0.15) is 40.4 Å². The van der Waals surface area contributed by atoms with Gasteiger partial charge in [0.25, 0.3) is 5.91 Å². The molecule has 1 amide bonds. The molecule has 3 rings (SSSR count). The fourth-order valence-electron chi connectivity index (χ4n) is 2.72. The first-order valence-electron chi connectivity index (χ1n) is 9.23. The van der Waals surface area contributed by atoms with Crippen molar-refractivity contribution in [2.45, 2.75) is 20.8 Å². The van der Waals surface area contributed by atoms with Crippen LogP contribution < -0.4 is 15.4 Å². The number of para-hydroxylation sites is 2. The average molecular weight is 390 g/mol. The van der Waals surface area contributed by atoms with Crippen molar-refractivity contribution in [1.29, 1.82) is 0 Å². The minimum atomic E-state index is -0.391. The molecule has 7 heteroatoms. The minimum absolute atomic E-state index is 0.0709. The summed E-state index contributed by atoms with van der Waals surface area (Å²) in [5.74, 6) is 0.503. The van der Waals surface area contributed by atoms with Crippen molar-refractivity contribution < 1.29 is 14.3 Å². The van der Waals surface area contributed by atoms with E-state index in [1.165, 1.54) is 6.92 Å². The van der Waals surface area contributed by atoms with Crippen LogP contribution in [0.15, 0.2) is 54.6 Å². The first kappa shape index (κ1) is 20.0. The lowest BCUT2D eigenvalue weighted by Gasteiger charge is -2.12. The van der Waals surface area contributed by atoms with Crippen LogP contribution in [0.3, 0.4) is 0 Å². The van der Waals surface area contributed by atoms with Crippen molar-refractivity contribution in [1.82, 2.24) is 9.97 Å². The molecular weight excluding hydrogens is 368 g/mol. The first-order valence-corrected chi connectivity index (χ1v) is 9.23. The lowest BCUT2D eigenvalue weighted by molar-refractivity contribution is 0.100. The van der Waals surface area contributed by atoms with Crippen LogP contribution in [0.2, 0.25) is 0 Å². The van der Waals surface area contributed by atoms with Crippen molar-refractivity contribution in [2.75, 3.05) is 17.2 Å². The number of rotatable bonds is 7. The van der Waals surface area contributed by atoms with Gasteiger partial charge in [0.1, 0.15) is 11.4 Å². The Bertz CT molecular complexity index is 1050. The Morgan fingerprint density at radius 1 is 1.03 bits per heavy atom. The predicted molar refractivity (Wildman–Crippen MR) is 112 cm³/mol. The van der Waals surface area contributed by atoms with E-state index in [-0.39, 0.29) is 11.5 Å². The molecule has 0 saturated carbocycles. The number of nitrogens with one attached hydrogen (secondary N) is 2. The SMILES string of the molecule is CCOc1ccccc1Nc1nc(C)cc(C(=O)Nc2cccc(C(C)=O)c2)n1. The van der Waals surface area contributed by atoms with Gasteiger partial charge in [-0.1, -0.05) is 24.3 Å². The molecule has 3 aromatic rings. The molecule has 2 aromatic carbocycles. The van der Waals surface area contributed by atoms with E-state index >= 15 is 0 Å². The monoisotopic (exact) mass is 390 g/mol. The van der Waals surface area contributed by atoms with Crippen LogP contribution in [0.5, 0.6) is 5.75 Å². The Morgan fingerprint density at radius 2 is 1.83 bits per heavy atom. The van der Waals surface area contributed by atoms with Gasteiger partial charge in [0, 0.05) is 16.9 Å². The van der Waals surface area contributed by atoms with E-state index < -0.39 is 5.91 Å². The first-order chi connectivity index (χ1) is 14.0. The molecule has 0 unspecified atom stereocenters. The van der Waals surface area contributed by atoms with Gasteiger partial charge in [0.15, 0.2) is 5.78 Å². The third kappa shape index (κ3) is 5.16. The van der Waals surface area contributed by atoms with Gasteiger partial charge in [-0.25, -0.2) is 9.97 Å². The second-order valence-electron chi connectivity index (χ2n) is 6.36. The van der Waals surface area contributed by atoms with Crippen molar-refractivity contribution in [3.63, 3.8) is 0 Å². The lowest BCUT2D eigenvalue weighted by Crippen LogP contribution is -2.16. The number of anilines is 3. The van der Waals surface area contributed by atoms with E-state index in [9.17, 15) is 9.59 Å². The number of carbonyl (C=O) groups excluding carboxylic acids is 2. The summed E-state index contributed by atoms with van der Waals surface area (Å²) in [4.78, 5) is 32.9. The molecule has 1 heterocycles. The second-order valence-corrected chi connectivity index (χ2v) is 6.36. The van der Waals surface area contributed by atoms with E-state index in [2.05, 4.69) is 20.6 Å². The number of hydrogen-bond donors (Lipinski definition) is 2. The number of carbonyl (C=O) groups is 2. The van der Waals surface area contributed by atoms with Gasteiger partial charge in [0.2, 0.25) is 5.95 Å². The summed E-state index contributed by atoms with van der Waals surface area (Å²) in [6, 6.07) is 15.8. The normalized spacial score (nSPS) is 10.3. The van der Waals surface area contributed by atoms with E-state index in [1.54, 1.807) is 37.3 Å². The van der Waals surface area contributed by atoms with Crippen LogP contribution in [0.25, 0.3) is 0 Å². The van der Waals surface area contributed by atoms with Gasteiger partial charge in [-0.05, 0) is 51.1 Å². The number of aryl methyl sites for hydroxylation is 1. The Labute approximate surface area is 169 Å². The van der Waals surface area contributed by atoms with Crippen LogP contribution in [0, 0.1) is 6.92 Å². The molecule has 148 valence electrons. The number of aromatic nitrogens is 2. The standard InChI is InChI=1S/C22H22N4O3/c1-4-29-20-11-6-5-10-18(20)25-22-23-14(2)12-19(26-22)21(28)24-17-9-7-8-16(13-17)15(3)27/h5-13H,4H2,1-3H3,(H,24,28)(H,23,25,26). The molecule has 2 N–H and O–H groups in total. The Balaban J connectivity index is 1.83. The van der Waals surface area contributed by atoms with E-state index in [4.69, 9.17) is 4.74 Å². The Morgan fingerprint density at radius 3 is 2.59 bits per heavy atom. The highest BCUT2D eigenvalue weighted by Crippen LogP contribution is 2.26. The van der Waals surface area contributed by atoms with Crippen LogP contribution in [0.4, 0.5) is 17.3 Å². The van der Waals surface area contributed by atoms with Gasteiger partial charge >= 0.3 is 0 Å². The fraction of sp³-hybridized carbons (Fsp3) is 0.182. The quantitative estimate of drug-likeness (QED) is 0.582. The number of nitrogens with zero attached hydrogens (tertiary/aromatic N) is 2. The molecule has 0 aliphatic heterocycles. The minimum Gasteiger partial charge on any atom is -0.492 e. The zero-order valence-electron chi connectivity index (χ0n) is 16.5. The summed E-state index contributed by atoms with van der Waals surface area (Å²) in [7, 11) is 0. The molecular formula is C22H22N4O3. The Kier molecular flexibility index (Phi) is 6.19. The third-order valence-electron chi connectivity index (χ3n) is 4.05. The van der Waals surface area contributed by atoms with Gasteiger partial charge in [0.05, 0.1) is 12.3 Å². The molecule has 29 heavy (non-hydrogen) atoms. The van der Waals surface area contributed by atoms with Gasteiger partial charge in [-0.3, -0.25) is 9.59 Å². The van der Waals surface area contributed by atoms with E-state index in [0.29, 0.717) is 40.9 Å². The molecule has 0 spiro atoms. The summed E-state index contributed by atoms with van der Waals surface area (Å²) in [6.45, 7) is 5.70. The highest BCUT2D eigenvalue weighted by atomic mass is 16.5. The summed E-state index contributed by atoms with van der Waals surface area (Å²) in [5.41, 5.74) is 2.60. The summed E-state index contributed by atoms with van der Waals surface area (Å²) < 4.78 is 5.60. The van der Waals surface area contributed by atoms with Crippen molar-refractivity contribution in [2.24, 2.45) is 0 Å². The summed E-state index contributed by atoms with van der Waals surface area (Å²) in [6.07, 6.45) is 0. The lowest BCUT2D eigenvalue weighted by atomic mass is 10.1. The molecule has 0 aliphatic carbocycles. The van der Waals surface area contributed by atoms with Crippen LogP contribution in [-0.2, 0) is 0 Å². The van der Waals surface area contributed by atoms with Gasteiger partial charge < -0.3 is 15.4 Å². The van der Waals surface area contributed by atoms with Gasteiger partial charge in [-0.15, -0.1) is 0 Å². The van der Waals surface area contributed by atoms with Gasteiger partial charge in [-0.2, -0.15) is 0 Å². The fourth-order valence-corrected chi connectivity index (χ4v) is 2.72.